The lowest BCUT2D eigenvalue weighted by molar-refractivity contribution is 0.264. The molecule has 0 radical (unpaired) electrons. The maximum absolute atomic E-state index is 8.78. The molecule has 15 heavy (non-hydrogen) atoms. The Kier molecular flexibility index (Phi) is 6.00. The van der Waals surface area contributed by atoms with Gasteiger partial charge < -0.3 is 10.4 Å². The maximum Gasteiger partial charge on any atom is 0.157 e. The molecule has 3 atom stereocenters. The maximum atomic E-state index is 8.78. The molecule has 1 saturated heterocycles. The minimum atomic E-state index is 0.257. The minimum absolute atomic E-state index is 0.257. The van der Waals surface area contributed by atoms with Crippen LogP contribution in [0.5, 0.6) is 0 Å². The van der Waals surface area contributed by atoms with Crippen molar-refractivity contribution in [1.82, 2.24) is 5.32 Å². The van der Waals surface area contributed by atoms with Crippen molar-refractivity contribution < 1.29 is 5.11 Å². The van der Waals surface area contributed by atoms with Crippen LogP contribution in [0, 0.1) is 5.92 Å². The quantitative estimate of drug-likeness (QED) is 0.761. The second kappa shape index (κ2) is 6.76. The van der Waals surface area contributed by atoms with E-state index in [0.717, 1.165) is 23.5 Å². The van der Waals surface area contributed by atoms with Crippen LogP contribution in [0.25, 0.3) is 0 Å². The van der Waals surface area contributed by atoms with Crippen LogP contribution in [0.2, 0.25) is 0 Å². The fourth-order valence-corrected chi connectivity index (χ4v) is 3.35. The monoisotopic (exact) mass is 294 g/mol. The zero-order valence-corrected chi connectivity index (χ0v) is 11.6. The van der Waals surface area contributed by atoms with Crippen LogP contribution >= 0.6 is 27.7 Å². The molecule has 0 aromatic heterocycles. The van der Waals surface area contributed by atoms with Gasteiger partial charge in [-0.15, -0.1) is 0 Å². The fraction of sp³-hybridized carbons (Fsp3) is 0.900. The molecule has 3 nitrogen and oxygen atoms in total. The third-order valence-electron chi connectivity index (χ3n) is 2.49. The first-order valence-corrected chi connectivity index (χ1v) is 7.32. The van der Waals surface area contributed by atoms with Gasteiger partial charge in [0.05, 0.1) is 0 Å². The highest BCUT2D eigenvalue weighted by atomic mass is 79.9. The third kappa shape index (κ3) is 4.33. The summed E-state index contributed by atoms with van der Waals surface area (Å²) in [5.74, 6) is 0.461. The van der Waals surface area contributed by atoms with E-state index >= 15 is 0 Å². The summed E-state index contributed by atoms with van der Waals surface area (Å²) in [4.78, 5) is 4.53. The number of aliphatic hydroxyl groups is 1. The third-order valence-corrected chi connectivity index (χ3v) is 4.97. The van der Waals surface area contributed by atoms with Crippen molar-refractivity contribution in [2.45, 2.75) is 31.6 Å². The molecular formula is C10H19BrN2OS. The van der Waals surface area contributed by atoms with Crippen LogP contribution in [0.1, 0.15) is 20.3 Å². The first kappa shape index (κ1) is 13.3. The average molecular weight is 295 g/mol. The summed E-state index contributed by atoms with van der Waals surface area (Å²) in [6.07, 6.45) is 0.832. The van der Waals surface area contributed by atoms with Gasteiger partial charge in [0.15, 0.2) is 5.17 Å². The Balaban J connectivity index is 2.35. The molecule has 88 valence electrons. The standard InChI is InChI=1S/C10H19BrN2OS/c1-7(3-4-14)6-12-10-13-8(2)9(5-11)15-10/h7-9,14H,3-6H2,1-2H3,(H,12,13). The van der Waals surface area contributed by atoms with Crippen molar-refractivity contribution in [3.63, 3.8) is 0 Å². The first-order valence-electron chi connectivity index (χ1n) is 5.31. The molecule has 0 saturated carbocycles. The highest BCUT2D eigenvalue weighted by Crippen LogP contribution is 2.25. The second-order valence-corrected chi connectivity index (χ2v) is 5.88. The van der Waals surface area contributed by atoms with Gasteiger partial charge in [0.25, 0.3) is 0 Å². The molecule has 1 aliphatic heterocycles. The van der Waals surface area contributed by atoms with Crippen molar-refractivity contribution in [2.24, 2.45) is 10.9 Å². The van der Waals surface area contributed by atoms with Crippen LogP contribution in [0.3, 0.4) is 0 Å². The predicted molar refractivity (Wildman–Crippen MR) is 70.9 cm³/mol. The Morgan fingerprint density at radius 1 is 1.67 bits per heavy atom. The van der Waals surface area contributed by atoms with E-state index in [1.165, 1.54) is 0 Å². The molecule has 2 N–H and O–H groups in total. The van der Waals surface area contributed by atoms with E-state index in [-0.39, 0.29) is 6.61 Å². The first-order chi connectivity index (χ1) is 7.17. The van der Waals surface area contributed by atoms with Gasteiger partial charge in [-0.3, -0.25) is 4.99 Å². The van der Waals surface area contributed by atoms with E-state index in [2.05, 4.69) is 40.1 Å². The van der Waals surface area contributed by atoms with E-state index in [9.17, 15) is 0 Å². The summed E-state index contributed by atoms with van der Waals surface area (Å²) in [7, 11) is 0. The minimum Gasteiger partial charge on any atom is -0.396 e. The highest BCUT2D eigenvalue weighted by Gasteiger charge is 2.27. The van der Waals surface area contributed by atoms with Gasteiger partial charge >= 0.3 is 0 Å². The lowest BCUT2D eigenvalue weighted by Gasteiger charge is -2.07. The molecule has 0 bridgehead atoms. The molecule has 1 heterocycles. The van der Waals surface area contributed by atoms with Gasteiger partial charge in [-0.2, -0.15) is 0 Å². The summed E-state index contributed by atoms with van der Waals surface area (Å²) < 4.78 is 0. The number of nitrogens with one attached hydrogen (secondary N) is 1. The lowest BCUT2D eigenvalue weighted by Crippen LogP contribution is -2.29. The second-order valence-electron chi connectivity index (χ2n) is 4.01. The molecule has 1 aliphatic rings. The predicted octanol–water partition coefficient (Wildman–Crippen LogP) is 1.85. The summed E-state index contributed by atoms with van der Waals surface area (Å²) >= 11 is 5.31. The molecule has 0 amide bonds. The summed E-state index contributed by atoms with van der Waals surface area (Å²) in [6, 6.07) is 0.487. The van der Waals surface area contributed by atoms with E-state index < -0.39 is 0 Å². The molecule has 0 spiro atoms. The van der Waals surface area contributed by atoms with Gasteiger partial charge in [-0.25, -0.2) is 0 Å². The topological polar surface area (TPSA) is 44.6 Å². The number of amidine groups is 1. The van der Waals surface area contributed by atoms with Gasteiger partial charge in [-0.1, -0.05) is 34.6 Å². The number of halogens is 1. The average Bonchev–Trinajstić information content (AvgIpc) is 2.56. The van der Waals surface area contributed by atoms with Crippen LogP contribution in [0.15, 0.2) is 4.99 Å². The molecular weight excluding hydrogens is 276 g/mol. The van der Waals surface area contributed by atoms with E-state index in [1.807, 2.05) is 11.8 Å². The normalized spacial score (nSPS) is 30.5. The number of rotatable bonds is 5. The summed E-state index contributed by atoms with van der Waals surface area (Å²) in [5, 5.41) is 14.8. The Morgan fingerprint density at radius 2 is 2.40 bits per heavy atom. The van der Waals surface area contributed by atoms with Gasteiger partial charge in [-0.05, 0) is 19.3 Å². The smallest absolute Gasteiger partial charge is 0.157 e. The Labute approximate surface area is 104 Å². The zero-order valence-electron chi connectivity index (χ0n) is 9.24. The summed E-state index contributed by atoms with van der Waals surface area (Å²) in [5.41, 5.74) is 0. The molecule has 5 heteroatoms. The molecule has 1 fully saturated rings. The Bertz CT molecular complexity index is 225. The van der Waals surface area contributed by atoms with Gasteiger partial charge in [0.1, 0.15) is 0 Å². The number of thioether (sulfide) groups is 1. The summed E-state index contributed by atoms with van der Waals surface area (Å²) in [6.45, 7) is 5.36. The highest BCUT2D eigenvalue weighted by molar-refractivity contribution is 9.09. The van der Waals surface area contributed by atoms with Crippen LogP contribution < -0.4 is 5.32 Å². The van der Waals surface area contributed by atoms with Crippen molar-refractivity contribution in [3.05, 3.63) is 0 Å². The molecule has 0 aromatic carbocycles. The lowest BCUT2D eigenvalue weighted by atomic mass is 10.1. The van der Waals surface area contributed by atoms with Crippen LogP contribution in [0.4, 0.5) is 0 Å². The molecule has 1 rings (SSSR count). The number of hydrogen-bond donors (Lipinski definition) is 2. The van der Waals surface area contributed by atoms with Crippen molar-refractivity contribution in [2.75, 3.05) is 18.5 Å². The Hall–Kier alpha value is 0.260. The van der Waals surface area contributed by atoms with Gasteiger partial charge in [0, 0.05) is 29.8 Å². The number of aliphatic imine (C=N–C) groups is 1. The number of nitrogens with zero attached hydrogens (tertiary/aromatic N) is 1. The van der Waals surface area contributed by atoms with Crippen molar-refractivity contribution in [3.8, 4) is 0 Å². The van der Waals surface area contributed by atoms with Crippen molar-refractivity contribution >= 4 is 32.9 Å². The van der Waals surface area contributed by atoms with Crippen LogP contribution in [-0.2, 0) is 0 Å². The SMILES string of the molecule is CC(CCO)CN=C1NC(C)C(CBr)S1. The number of hydrogen-bond acceptors (Lipinski definition) is 3. The molecule has 0 aliphatic carbocycles. The van der Waals surface area contributed by atoms with Crippen LogP contribution in [-0.4, -0.2) is 40.0 Å². The van der Waals surface area contributed by atoms with Gasteiger partial charge in [0.2, 0.25) is 0 Å². The van der Waals surface area contributed by atoms with Crippen molar-refractivity contribution in [1.29, 1.82) is 0 Å². The van der Waals surface area contributed by atoms with E-state index in [0.29, 0.717) is 17.2 Å². The largest absolute Gasteiger partial charge is 0.396 e. The Morgan fingerprint density at radius 3 is 2.93 bits per heavy atom. The van der Waals surface area contributed by atoms with E-state index in [1.54, 1.807) is 0 Å². The fourth-order valence-electron chi connectivity index (χ4n) is 1.37. The molecule has 0 aromatic rings. The van der Waals surface area contributed by atoms with E-state index in [4.69, 9.17) is 5.11 Å². The molecule has 3 unspecified atom stereocenters. The zero-order chi connectivity index (χ0) is 11.3. The number of aliphatic hydroxyl groups excluding tert-OH is 1. The number of alkyl halides is 1.